The van der Waals surface area contributed by atoms with Gasteiger partial charge in [0.25, 0.3) is 5.91 Å². The second-order valence-electron chi connectivity index (χ2n) is 5.47. The topological polar surface area (TPSA) is 38.3 Å². The maximum atomic E-state index is 12.1. The minimum absolute atomic E-state index is 0.148. The van der Waals surface area contributed by atoms with Crippen LogP contribution in [-0.4, -0.2) is 18.7 Å². The van der Waals surface area contributed by atoms with Crippen molar-refractivity contribution in [2.45, 2.75) is 26.3 Å². The first-order valence-corrected chi connectivity index (χ1v) is 7.41. The first-order valence-electron chi connectivity index (χ1n) is 7.41. The number of benzene rings is 2. The third-order valence-electron chi connectivity index (χ3n) is 3.32. The van der Waals surface area contributed by atoms with Gasteiger partial charge >= 0.3 is 6.18 Å². The van der Waals surface area contributed by atoms with E-state index in [1.165, 1.54) is 0 Å². The van der Waals surface area contributed by atoms with Crippen LogP contribution in [0.3, 0.4) is 0 Å². The third kappa shape index (κ3) is 6.04. The normalized spacial score (nSPS) is 11.3. The molecule has 24 heavy (non-hydrogen) atoms. The molecule has 0 unspecified atom stereocenters. The zero-order valence-corrected chi connectivity index (χ0v) is 13.2. The fourth-order valence-corrected chi connectivity index (χ4v) is 2.03. The summed E-state index contributed by atoms with van der Waals surface area (Å²) in [6, 6.07) is 14.1. The number of hydrogen-bond donors (Lipinski definition) is 1. The van der Waals surface area contributed by atoms with Gasteiger partial charge in [0.1, 0.15) is 6.61 Å². The molecule has 6 heteroatoms. The van der Waals surface area contributed by atoms with Crippen LogP contribution in [0.15, 0.2) is 48.5 Å². The zero-order chi connectivity index (χ0) is 17.6. The summed E-state index contributed by atoms with van der Waals surface area (Å²) < 4.78 is 40.6. The highest BCUT2D eigenvalue weighted by Gasteiger charge is 2.27. The second kappa shape index (κ2) is 7.97. The van der Waals surface area contributed by atoms with E-state index in [0.717, 1.165) is 11.1 Å². The monoisotopic (exact) mass is 337 g/mol. The molecule has 2 aromatic rings. The number of ether oxygens (including phenoxy) is 1. The van der Waals surface area contributed by atoms with Gasteiger partial charge in [0, 0.05) is 12.1 Å². The van der Waals surface area contributed by atoms with Crippen LogP contribution < -0.4 is 5.32 Å². The van der Waals surface area contributed by atoms with Crippen LogP contribution in [0.1, 0.15) is 27.0 Å². The molecular formula is C18H18F3NO2. The summed E-state index contributed by atoms with van der Waals surface area (Å²) in [4.78, 5) is 12.1. The number of rotatable bonds is 6. The molecule has 0 heterocycles. The first kappa shape index (κ1) is 18.0. The van der Waals surface area contributed by atoms with Crippen LogP contribution >= 0.6 is 0 Å². The number of nitrogens with one attached hydrogen (secondary N) is 1. The van der Waals surface area contributed by atoms with Crippen molar-refractivity contribution in [2.24, 2.45) is 0 Å². The van der Waals surface area contributed by atoms with E-state index in [4.69, 9.17) is 0 Å². The van der Waals surface area contributed by atoms with E-state index < -0.39 is 12.8 Å². The lowest BCUT2D eigenvalue weighted by molar-refractivity contribution is -0.176. The summed E-state index contributed by atoms with van der Waals surface area (Å²) in [6.45, 7) is 0.967. The summed E-state index contributed by atoms with van der Waals surface area (Å²) in [7, 11) is 0. The lowest BCUT2D eigenvalue weighted by atomic mass is 10.1. The van der Waals surface area contributed by atoms with Crippen molar-refractivity contribution in [1.29, 1.82) is 0 Å². The summed E-state index contributed by atoms with van der Waals surface area (Å²) in [5.41, 5.74) is 3.16. The number of carbonyl (C=O) groups is 1. The van der Waals surface area contributed by atoms with E-state index in [2.05, 4.69) is 10.1 Å². The summed E-state index contributed by atoms with van der Waals surface area (Å²) in [6.07, 6.45) is -4.34. The van der Waals surface area contributed by atoms with Crippen LogP contribution in [0.2, 0.25) is 0 Å². The minimum Gasteiger partial charge on any atom is -0.367 e. The molecule has 0 aliphatic rings. The maximum absolute atomic E-state index is 12.1. The van der Waals surface area contributed by atoms with Gasteiger partial charge in [-0.2, -0.15) is 13.2 Å². The highest BCUT2D eigenvalue weighted by Crippen LogP contribution is 2.16. The Bertz CT molecular complexity index is 664. The van der Waals surface area contributed by atoms with Crippen molar-refractivity contribution in [2.75, 3.05) is 6.61 Å². The van der Waals surface area contributed by atoms with E-state index in [9.17, 15) is 18.0 Å². The SMILES string of the molecule is Cc1ccc(CNC(=O)c2ccc(COCC(F)(F)F)cc2)cc1. The molecule has 0 aliphatic heterocycles. The highest BCUT2D eigenvalue weighted by atomic mass is 19.4. The quantitative estimate of drug-likeness (QED) is 0.865. The van der Waals surface area contributed by atoms with Gasteiger partial charge in [0.15, 0.2) is 0 Å². The van der Waals surface area contributed by atoms with Crippen LogP contribution in [0.5, 0.6) is 0 Å². The summed E-state index contributed by atoms with van der Waals surface area (Å²) in [5, 5.41) is 2.80. The third-order valence-corrected chi connectivity index (χ3v) is 3.32. The molecule has 0 atom stereocenters. The van der Waals surface area contributed by atoms with E-state index in [0.29, 0.717) is 17.7 Å². The Kier molecular flexibility index (Phi) is 5.98. The Morgan fingerprint density at radius 1 is 1.00 bits per heavy atom. The average Bonchev–Trinajstić information content (AvgIpc) is 2.53. The van der Waals surface area contributed by atoms with Crippen LogP contribution in [0.25, 0.3) is 0 Å². The second-order valence-corrected chi connectivity index (χ2v) is 5.47. The first-order chi connectivity index (χ1) is 11.3. The fraction of sp³-hybridized carbons (Fsp3) is 0.278. The largest absolute Gasteiger partial charge is 0.411 e. The highest BCUT2D eigenvalue weighted by molar-refractivity contribution is 5.94. The van der Waals surface area contributed by atoms with Crippen molar-refractivity contribution >= 4 is 5.91 Å². The van der Waals surface area contributed by atoms with Crippen LogP contribution in [-0.2, 0) is 17.9 Å². The molecule has 3 nitrogen and oxygen atoms in total. The molecule has 0 saturated heterocycles. The summed E-state index contributed by atoms with van der Waals surface area (Å²) in [5.74, 6) is -0.238. The molecule has 0 fully saturated rings. The molecule has 0 bridgehead atoms. The smallest absolute Gasteiger partial charge is 0.367 e. The molecule has 0 saturated carbocycles. The standard InChI is InChI=1S/C18H18F3NO2/c1-13-2-4-14(5-3-13)10-22-17(23)16-8-6-15(7-9-16)11-24-12-18(19,20)21/h2-9H,10-12H2,1H3,(H,22,23). The zero-order valence-electron chi connectivity index (χ0n) is 13.2. The Morgan fingerprint density at radius 2 is 1.58 bits per heavy atom. The molecular weight excluding hydrogens is 319 g/mol. The van der Waals surface area contributed by atoms with Crippen molar-refractivity contribution < 1.29 is 22.7 Å². The number of aryl methyl sites for hydroxylation is 1. The molecule has 0 spiro atoms. The van der Waals surface area contributed by atoms with Gasteiger partial charge in [0.05, 0.1) is 6.61 Å². The maximum Gasteiger partial charge on any atom is 0.411 e. The molecule has 1 N–H and O–H groups in total. The van der Waals surface area contributed by atoms with Gasteiger partial charge in [-0.1, -0.05) is 42.0 Å². The van der Waals surface area contributed by atoms with E-state index >= 15 is 0 Å². The molecule has 2 rings (SSSR count). The fourth-order valence-electron chi connectivity index (χ4n) is 2.03. The molecule has 1 amide bonds. The van der Waals surface area contributed by atoms with Gasteiger partial charge in [-0.3, -0.25) is 4.79 Å². The number of alkyl halides is 3. The van der Waals surface area contributed by atoms with Crippen LogP contribution in [0.4, 0.5) is 13.2 Å². The Morgan fingerprint density at radius 3 is 2.17 bits per heavy atom. The minimum atomic E-state index is -4.34. The number of carbonyl (C=O) groups excluding carboxylic acids is 1. The summed E-state index contributed by atoms with van der Waals surface area (Å²) >= 11 is 0. The predicted molar refractivity (Wildman–Crippen MR) is 84.5 cm³/mol. The Hall–Kier alpha value is -2.34. The molecule has 0 aromatic heterocycles. The van der Waals surface area contributed by atoms with Crippen molar-refractivity contribution in [1.82, 2.24) is 5.32 Å². The lowest BCUT2D eigenvalue weighted by Gasteiger charge is -2.09. The van der Waals surface area contributed by atoms with Crippen molar-refractivity contribution in [3.8, 4) is 0 Å². The molecule has 0 aliphatic carbocycles. The van der Waals surface area contributed by atoms with Crippen LogP contribution in [0, 0.1) is 6.92 Å². The van der Waals surface area contributed by atoms with Gasteiger partial charge in [-0.25, -0.2) is 0 Å². The molecule has 0 radical (unpaired) electrons. The Balaban J connectivity index is 1.83. The number of amides is 1. The molecule has 2 aromatic carbocycles. The van der Waals surface area contributed by atoms with Crippen molar-refractivity contribution in [3.05, 3.63) is 70.8 Å². The van der Waals surface area contributed by atoms with E-state index in [-0.39, 0.29) is 12.5 Å². The van der Waals surface area contributed by atoms with Crippen molar-refractivity contribution in [3.63, 3.8) is 0 Å². The van der Waals surface area contributed by atoms with Gasteiger partial charge in [-0.15, -0.1) is 0 Å². The molecule has 128 valence electrons. The lowest BCUT2D eigenvalue weighted by Crippen LogP contribution is -2.22. The number of halogens is 3. The van der Waals surface area contributed by atoms with Gasteiger partial charge in [-0.05, 0) is 30.2 Å². The van der Waals surface area contributed by atoms with E-state index in [1.54, 1.807) is 24.3 Å². The Labute approximate surface area is 138 Å². The van der Waals surface area contributed by atoms with Gasteiger partial charge < -0.3 is 10.1 Å². The predicted octanol–water partition coefficient (Wildman–Crippen LogP) is 4.00. The average molecular weight is 337 g/mol. The number of hydrogen-bond acceptors (Lipinski definition) is 2. The van der Waals surface area contributed by atoms with Gasteiger partial charge in [0.2, 0.25) is 0 Å². The van der Waals surface area contributed by atoms with E-state index in [1.807, 2.05) is 31.2 Å².